The van der Waals surface area contributed by atoms with Crippen LogP contribution < -0.4 is 22.1 Å². The molecule has 1 aromatic heterocycles. The Hall–Kier alpha value is -2.68. The average Bonchev–Trinajstić information content (AvgIpc) is 2.89. The summed E-state index contributed by atoms with van der Waals surface area (Å²) in [7, 11) is 0. The van der Waals surface area contributed by atoms with Crippen LogP contribution in [0.5, 0.6) is 0 Å². The van der Waals surface area contributed by atoms with Gasteiger partial charge >= 0.3 is 6.03 Å². The highest BCUT2D eigenvalue weighted by molar-refractivity contribution is 7.15. The summed E-state index contributed by atoms with van der Waals surface area (Å²) >= 11 is 1.47. The molecule has 1 unspecified atom stereocenters. The predicted molar refractivity (Wildman–Crippen MR) is 103 cm³/mol. The Kier molecular flexibility index (Phi) is 6.90. The first kappa shape index (κ1) is 19.6. The molecule has 1 heterocycles. The molecule has 0 aliphatic heterocycles. The SMILES string of the molecule is Cc1nc(N)sc1CCCN=C(N)NC(=O)NC(C)c1ccccc1F. The lowest BCUT2D eigenvalue weighted by molar-refractivity contribution is 0.242. The summed E-state index contributed by atoms with van der Waals surface area (Å²) in [5, 5.41) is 5.62. The quantitative estimate of drug-likeness (QED) is 0.351. The van der Waals surface area contributed by atoms with Crippen molar-refractivity contribution in [1.29, 1.82) is 0 Å². The topological polar surface area (TPSA) is 118 Å². The zero-order valence-corrected chi connectivity index (χ0v) is 15.6. The first-order chi connectivity index (χ1) is 12.4. The summed E-state index contributed by atoms with van der Waals surface area (Å²) in [6.07, 6.45) is 1.56. The molecule has 0 saturated heterocycles. The third-order valence-corrected chi connectivity index (χ3v) is 4.76. The van der Waals surface area contributed by atoms with E-state index in [4.69, 9.17) is 11.5 Å². The fraction of sp³-hybridized carbons (Fsp3) is 0.353. The number of anilines is 1. The van der Waals surface area contributed by atoms with E-state index in [1.54, 1.807) is 25.1 Å². The van der Waals surface area contributed by atoms with Gasteiger partial charge in [0.05, 0.1) is 11.7 Å². The van der Waals surface area contributed by atoms with Crippen LogP contribution in [-0.4, -0.2) is 23.5 Å². The van der Waals surface area contributed by atoms with Gasteiger partial charge in [-0.1, -0.05) is 18.2 Å². The van der Waals surface area contributed by atoms with Crippen molar-refractivity contribution in [1.82, 2.24) is 15.6 Å². The molecule has 0 saturated carbocycles. The van der Waals surface area contributed by atoms with Gasteiger partial charge in [-0.15, -0.1) is 11.3 Å². The standard InChI is InChI=1S/C17H23FN6OS/c1-10(12-6-3-4-7-13(12)18)23-17(25)24-15(19)21-9-5-8-14-11(2)22-16(20)26-14/h3-4,6-7,10H,5,8-9H2,1-2H3,(H2,20,22)(H4,19,21,23,24,25). The Morgan fingerprint density at radius 3 is 2.81 bits per heavy atom. The lowest BCUT2D eigenvalue weighted by atomic mass is 10.1. The summed E-state index contributed by atoms with van der Waals surface area (Å²) in [6, 6.07) is 5.24. The lowest BCUT2D eigenvalue weighted by Gasteiger charge is -2.15. The van der Waals surface area contributed by atoms with Crippen molar-refractivity contribution in [3.8, 4) is 0 Å². The zero-order valence-electron chi connectivity index (χ0n) is 14.8. The van der Waals surface area contributed by atoms with E-state index < -0.39 is 12.1 Å². The number of benzene rings is 1. The number of carbonyl (C=O) groups excluding carboxylic acids is 1. The Labute approximate surface area is 155 Å². The van der Waals surface area contributed by atoms with E-state index in [1.165, 1.54) is 17.4 Å². The van der Waals surface area contributed by atoms with Gasteiger partial charge in [-0.05, 0) is 32.8 Å². The third-order valence-electron chi connectivity index (χ3n) is 3.71. The molecule has 0 bridgehead atoms. The van der Waals surface area contributed by atoms with Gasteiger partial charge in [0, 0.05) is 17.0 Å². The average molecular weight is 378 g/mol. The second kappa shape index (κ2) is 9.14. The molecule has 0 fully saturated rings. The van der Waals surface area contributed by atoms with Gasteiger partial charge in [0.1, 0.15) is 5.82 Å². The molecule has 1 aromatic carbocycles. The summed E-state index contributed by atoms with van der Waals surface area (Å²) in [5.41, 5.74) is 12.7. The predicted octanol–water partition coefficient (Wildman–Crippen LogP) is 2.48. The molecule has 7 nitrogen and oxygen atoms in total. The van der Waals surface area contributed by atoms with Gasteiger partial charge in [-0.3, -0.25) is 10.3 Å². The lowest BCUT2D eigenvalue weighted by Crippen LogP contribution is -2.44. The number of aliphatic imine (C=N–C) groups is 1. The molecule has 0 aliphatic carbocycles. The molecule has 2 aromatic rings. The maximum absolute atomic E-state index is 13.7. The maximum atomic E-state index is 13.7. The maximum Gasteiger partial charge on any atom is 0.322 e. The van der Waals surface area contributed by atoms with Crippen molar-refractivity contribution in [2.75, 3.05) is 12.3 Å². The van der Waals surface area contributed by atoms with E-state index >= 15 is 0 Å². The van der Waals surface area contributed by atoms with Gasteiger partial charge < -0.3 is 16.8 Å². The van der Waals surface area contributed by atoms with Crippen LogP contribution in [0.2, 0.25) is 0 Å². The minimum atomic E-state index is -0.534. The number of rotatable bonds is 6. The van der Waals surface area contributed by atoms with Crippen molar-refractivity contribution in [2.45, 2.75) is 32.7 Å². The number of thiazole rings is 1. The van der Waals surface area contributed by atoms with Crippen molar-refractivity contribution < 1.29 is 9.18 Å². The second-order valence-corrected chi connectivity index (χ2v) is 6.89. The fourth-order valence-electron chi connectivity index (χ4n) is 2.41. The molecule has 140 valence electrons. The van der Waals surface area contributed by atoms with Crippen molar-refractivity contribution in [2.24, 2.45) is 10.7 Å². The number of aryl methyl sites for hydroxylation is 2. The van der Waals surface area contributed by atoms with Crippen LogP contribution in [0.15, 0.2) is 29.3 Å². The molecule has 0 aliphatic rings. The van der Waals surface area contributed by atoms with Gasteiger partial charge in [-0.25, -0.2) is 14.2 Å². The first-order valence-corrected chi connectivity index (χ1v) is 9.02. The summed E-state index contributed by atoms with van der Waals surface area (Å²) < 4.78 is 13.7. The normalized spacial score (nSPS) is 12.7. The molecular weight excluding hydrogens is 355 g/mol. The number of hydrogen-bond donors (Lipinski definition) is 4. The third kappa shape index (κ3) is 5.69. The minimum absolute atomic E-state index is 0.0174. The van der Waals surface area contributed by atoms with E-state index in [1.807, 2.05) is 6.92 Å². The Balaban J connectivity index is 1.76. The van der Waals surface area contributed by atoms with E-state index in [0.717, 1.165) is 23.4 Å². The molecule has 0 spiro atoms. The van der Waals surface area contributed by atoms with Crippen LogP contribution in [0.4, 0.5) is 14.3 Å². The minimum Gasteiger partial charge on any atom is -0.375 e. The number of guanidine groups is 1. The van der Waals surface area contributed by atoms with Crippen molar-refractivity contribution in [3.05, 3.63) is 46.2 Å². The van der Waals surface area contributed by atoms with Crippen molar-refractivity contribution >= 4 is 28.5 Å². The highest BCUT2D eigenvalue weighted by Crippen LogP contribution is 2.21. The molecule has 9 heteroatoms. The molecule has 1 atom stereocenters. The highest BCUT2D eigenvalue weighted by atomic mass is 32.1. The van der Waals surface area contributed by atoms with Crippen LogP contribution in [0, 0.1) is 12.7 Å². The van der Waals surface area contributed by atoms with Gasteiger partial charge in [-0.2, -0.15) is 0 Å². The number of nitrogens with two attached hydrogens (primary N) is 2. The number of hydrogen-bond acceptors (Lipinski definition) is 5. The van der Waals surface area contributed by atoms with Crippen LogP contribution in [-0.2, 0) is 6.42 Å². The molecule has 26 heavy (non-hydrogen) atoms. The number of aromatic nitrogens is 1. The summed E-state index contributed by atoms with van der Waals surface area (Å²) in [6.45, 7) is 4.07. The van der Waals surface area contributed by atoms with Gasteiger partial charge in [0.15, 0.2) is 11.1 Å². The van der Waals surface area contributed by atoms with Gasteiger partial charge in [0.2, 0.25) is 0 Å². The number of halogens is 1. The molecule has 2 rings (SSSR count). The smallest absolute Gasteiger partial charge is 0.322 e. The largest absolute Gasteiger partial charge is 0.375 e. The number of nitrogens with zero attached hydrogens (tertiary/aromatic N) is 2. The Morgan fingerprint density at radius 2 is 2.15 bits per heavy atom. The molecule has 6 N–H and O–H groups in total. The van der Waals surface area contributed by atoms with E-state index in [9.17, 15) is 9.18 Å². The summed E-state index contributed by atoms with van der Waals surface area (Å²) in [5.74, 6) is -0.357. The second-order valence-electron chi connectivity index (χ2n) is 5.77. The monoisotopic (exact) mass is 378 g/mol. The molecular formula is C17H23FN6OS. The van der Waals surface area contributed by atoms with Crippen LogP contribution in [0.3, 0.4) is 0 Å². The molecule has 0 radical (unpaired) electrons. The number of urea groups is 1. The van der Waals surface area contributed by atoms with Crippen LogP contribution in [0.1, 0.15) is 35.5 Å². The summed E-state index contributed by atoms with van der Waals surface area (Å²) in [4.78, 5) is 21.3. The number of carbonyl (C=O) groups is 1. The van der Waals surface area contributed by atoms with Gasteiger partial charge in [0.25, 0.3) is 0 Å². The van der Waals surface area contributed by atoms with E-state index in [2.05, 4.69) is 20.6 Å². The van der Waals surface area contributed by atoms with Crippen LogP contribution >= 0.6 is 11.3 Å². The van der Waals surface area contributed by atoms with Crippen molar-refractivity contribution in [3.63, 3.8) is 0 Å². The van der Waals surface area contributed by atoms with E-state index in [0.29, 0.717) is 17.2 Å². The Morgan fingerprint density at radius 1 is 1.42 bits per heavy atom. The highest BCUT2D eigenvalue weighted by Gasteiger charge is 2.13. The number of amides is 2. The Bertz CT molecular complexity index is 791. The first-order valence-electron chi connectivity index (χ1n) is 8.20. The van der Waals surface area contributed by atoms with Crippen LogP contribution in [0.25, 0.3) is 0 Å². The molecule has 2 amide bonds. The zero-order chi connectivity index (χ0) is 19.1. The van der Waals surface area contributed by atoms with E-state index in [-0.39, 0.29) is 11.8 Å². The number of nitrogen functional groups attached to an aromatic ring is 1. The fourth-order valence-corrected chi connectivity index (χ4v) is 3.29. The number of nitrogens with one attached hydrogen (secondary N) is 2.